The highest BCUT2D eigenvalue weighted by Gasteiger charge is 2.41. The highest BCUT2D eigenvalue weighted by molar-refractivity contribution is 6.30. The SMILES string of the molecule is CCOC(=O)C1=C(C)NC2=C(C(=O)C[C@@H](c3ccc(Cl)cc3)C2)[C@H]1c1ccc([N+](=O)[O-])cc1. The number of carbonyl (C=O) groups is 2. The van der Waals surface area contributed by atoms with Gasteiger partial charge in [-0.2, -0.15) is 0 Å². The fourth-order valence-electron chi connectivity index (χ4n) is 4.61. The van der Waals surface area contributed by atoms with Gasteiger partial charge in [-0.05, 0) is 49.4 Å². The molecule has 2 aromatic carbocycles. The largest absolute Gasteiger partial charge is 0.463 e. The third-order valence-electron chi connectivity index (χ3n) is 6.10. The molecule has 0 fully saturated rings. The van der Waals surface area contributed by atoms with E-state index >= 15 is 0 Å². The van der Waals surface area contributed by atoms with Crippen LogP contribution in [-0.4, -0.2) is 23.3 Å². The Morgan fingerprint density at radius 3 is 2.36 bits per heavy atom. The Hall–Kier alpha value is -3.45. The van der Waals surface area contributed by atoms with E-state index in [1.165, 1.54) is 12.1 Å². The van der Waals surface area contributed by atoms with Gasteiger partial charge in [0.1, 0.15) is 0 Å². The fourth-order valence-corrected chi connectivity index (χ4v) is 4.74. The number of allylic oxidation sites excluding steroid dienone is 3. The number of non-ortho nitro benzene ring substituents is 1. The molecule has 0 unspecified atom stereocenters. The minimum Gasteiger partial charge on any atom is -0.463 e. The Morgan fingerprint density at radius 1 is 1.12 bits per heavy atom. The van der Waals surface area contributed by atoms with Crippen LogP contribution in [0.25, 0.3) is 0 Å². The van der Waals surface area contributed by atoms with Gasteiger partial charge in [0, 0.05) is 46.5 Å². The molecule has 1 heterocycles. The maximum absolute atomic E-state index is 13.5. The summed E-state index contributed by atoms with van der Waals surface area (Å²) in [5.74, 6) is -1.25. The van der Waals surface area contributed by atoms with Crippen LogP contribution in [0.15, 0.2) is 71.1 Å². The first-order valence-electron chi connectivity index (χ1n) is 10.7. The first-order chi connectivity index (χ1) is 15.8. The Kier molecular flexibility index (Phi) is 6.33. The molecule has 0 spiro atoms. The molecule has 2 atom stereocenters. The lowest BCUT2D eigenvalue weighted by Crippen LogP contribution is -2.36. The van der Waals surface area contributed by atoms with E-state index in [0.29, 0.717) is 40.3 Å². The second kappa shape index (κ2) is 9.19. The third-order valence-corrected chi connectivity index (χ3v) is 6.35. The smallest absolute Gasteiger partial charge is 0.336 e. The minimum absolute atomic E-state index is 0.0181. The van der Waals surface area contributed by atoms with E-state index in [1.807, 2.05) is 24.3 Å². The van der Waals surface area contributed by atoms with Gasteiger partial charge in [-0.3, -0.25) is 14.9 Å². The number of dihydropyridines is 1. The fraction of sp³-hybridized carbons (Fsp3) is 0.280. The van der Waals surface area contributed by atoms with Crippen molar-refractivity contribution in [1.29, 1.82) is 0 Å². The summed E-state index contributed by atoms with van der Waals surface area (Å²) in [6.07, 6.45) is 0.889. The molecular formula is C25H23ClN2O5. The highest BCUT2D eigenvalue weighted by atomic mass is 35.5. The van der Waals surface area contributed by atoms with Crippen LogP contribution < -0.4 is 5.32 Å². The van der Waals surface area contributed by atoms with Crippen molar-refractivity contribution in [2.45, 2.75) is 38.5 Å². The topological polar surface area (TPSA) is 98.5 Å². The van der Waals surface area contributed by atoms with Crippen molar-refractivity contribution in [3.05, 3.63) is 97.3 Å². The van der Waals surface area contributed by atoms with Crippen LogP contribution in [0, 0.1) is 10.1 Å². The summed E-state index contributed by atoms with van der Waals surface area (Å²) in [6.45, 7) is 3.70. The molecule has 0 saturated heterocycles. The van der Waals surface area contributed by atoms with Crippen LogP contribution in [0.4, 0.5) is 5.69 Å². The Balaban J connectivity index is 1.79. The summed E-state index contributed by atoms with van der Waals surface area (Å²) in [7, 11) is 0. The number of nitrogens with one attached hydrogen (secondary N) is 1. The van der Waals surface area contributed by atoms with E-state index in [2.05, 4.69) is 5.32 Å². The van der Waals surface area contributed by atoms with E-state index in [-0.39, 0.29) is 24.0 Å². The quantitative estimate of drug-likeness (QED) is 0.370. The molecule has 0 saturated carbocycles. The summed E-state index contributed by atoms with van der Waals surface area (Å²) in [4.78, 5) is 37.0. The Labute approximate surface area is 196 Å². The van der Waals surface area contributed by atoms with Gasteiger partial charge >= 0.3 is 5.97 Å². The number of nitro benzene ring substituents is 1. The molecule has 33 heavy (non-hydrogen) atoms. The highest BCUT2D eigenvalue weighted by Crippen LogP contribution is 2.46. The molecule has 1 aliphatic carbocycles. The van der Waals surface area contributed by atoms with E-state index in [1.54, 1.807) is 26.0 Å². The number of rotatable bonds is 5. The molecule has 0 amide bonds. The zero-order chi connectivity index (χ0) is 23.7. The molecule has 170 valence electrons. The maximum atomic E-state index is 13.5. The zero-order valence-electron chi connectivity index (χ0n) is 18.3. The number of ether oxygens (including phenoxy) is 1. The van der Waals surface area contributed by atoms with E-state index in [0.717, 1.165) is 11.3 Å². The molecule has 2 aromatic rings. The minimum atomic E-state index is -0.653. The van der Waals surface area contributed by atoms with Gasteiger partial charge in [-0.15, -0.1) is 0 Å². The lowest BCUT2D eigenvalue weighted by atomic mass is 9.71. The second-order valence-electron chi connectivity index (χ2n) is 8.14. The molecule has 2 aliphatic rings. The van der Waals surface area contributed by atoms with Gasteiger partial charge in [-0.1, -0.05) is 35.9 Å². The second-order valence-corrected chi connectivity index (χ2v) is 8.57. The maximum Gasteiger partial charge on any atom is 0.336 e. The van der Waals surface area contributed by atoms with Crippen LogP contribution >= 0.6 is 11.6 Å². The van der Waals surface area contributed by atoms with Gasteiger partial charge in [0.25, 0.3) is 5.69 Å². The van der Waals surface area contributed by atoms with Gasteiger partial charge in [0.15, 0.2) is 5.78 Å². The van der Waals surface area contributed by atoms with Crippen LogP contribution in [-0.2, 0) is 14.3 Å². The number of hydrogen-bond acceptors (Lipinski definition) is 6. The van der Waals surface area contributed by atoms with E-state index in [9.17, 15) is 19.7 Å². The van der Waals surface area contributed by atoms with Crippen LogP contribution in [0.5, 0.6) is 0 Å². The van der Waals surface area contributed by atoms with Crippen LogP contribution in [0.3, 0.4) is 0 Å². The number of ketones is 1. The number of Topliss-reactive ketones (excluding diaryl/α,β-unsaturated/α-hetero) is 1. The monoisotopic (exact) mass is 466 g/mol. The lowest BCUT2D eigenvalue weighted by molar-refractivity contribution is -0.384. The first-order valence-corrected chi connectivity index (χ1v) is 11.1. The molecule has 0 aromatic heterocycles. The molecular weight excluding hydrogens is 444 g/mol. The standard InChI is InChI=1S/C25H23ClN2O5/c1-3-33-25(30)22-14(2)27-20-12-17(15-4-8-18(26)9-5-15)13-21(29)24(20)23(22)16-6-10-19(11-7-16)28(31)32/h4-11,17,23,27H,3,12-13H2,1-2H3/t17-,23-/m0/s1. The van der Waals surface area contributed by atoms with Gasteiger partial charge < -0.3 is 10.1 Å². The average Bonchev–Trinajstić information content (AvgIpc) is 2.78. The first kappa shape index (κ1) is 22.7. The molecule has 4 rings (SSSR count). The molecule has 7 nitrogen and oxygen atoms in total. The van der Waals surface area contributed by atoms with Crippen molar-refractivity contribution in [3.8, 4) is 0 Å². The summed E-state index contributed by atoms with van der Waals surface area (Å²) in [6, 6.07) is 13.4. The molecule has 0 radical (unpaired) electrons. The number of halogens is 1. The molecule has 0 bridgehead atoms. The third kappa shape index (κ3) is 4.41. The Morgan fingerprint density at radius 2 is 1.76 bits per heavy atom. The van der Waals surface area contributed by atoms with E-state index in [4.69, 9.17) is 16.3 Å². The molecule has 1 N–H and O–H groups in total. The number of nitro groups is 1. The van der Waals surface area contributed by atoms with Crippen molar-refractivity contribution in [3.63, 3.8) is 0 Å². The van der Waals surface area contributed by atoms with Crippen molar-refractivity contribution < 1.29 is 19.2 Å². The normalized spacial score (nSPS) is 20.3. The van der Waals surface area contributed by atoms with Crippen molar-refractivity contribution in [1.82, 2.24) is 5.32 Å². The summed E-state index contributed by atoms with van der Waals surface area (Å²) in [5.41, 5.74) is 3.84. The van der Waals surface area contributed by atoms with Gasteiger partial charge in [0.05, 0.1) is 17.1 Å². The number of benzene rings is 2. The molecule has 1 aliphatic heterocycles. The van der Waals surface area contributed by atoms with Crippen LogP contribution in [0.2, 0.25) is 5.02 Å². The Bertz CT molecular complexity index is 1180. The van der Waals surface area contributed by atoms with E-state index < -0.39 is 16.8 Å². The number of esters is 1. The number of nitrogens with zero attached hydrogens (tertiary/aromatic N) is 1. The zero-order valence-corrected chi connectivity index (χ0v) is 19.0. The summed E-state index contributed by atoms with van der Waals surface area (Å²) >= 11 is 6.02. The number of hydrogen-bond donors (Lipinski definition) is 1. The number of carbonyl (C=O) groups excluding carboxylic acids is 2. The van der Waals surface area contributed by atoms with Gasteiger partial charge in [-0.25, -0.2) is 4.79 Å². The van der Waals surface area contributed by atoms with Crippen molar-refractivity contribution >= 4 is 29.0 Å². The average molecular weight is 467 g/mol. The molecule has 8 heteroatoms. The summed E-state index contributed by atoms with van der Waals surface area (Å²) < 4.78 is 5.29. The van der Waals surface area contributed by atoms with Gasteiger partial charge in [0.2, 0.25) is 0 Å². The predicted octanol–water partition coefficient (Wildman–Crippen LogP) is 5.17. The summed E-state index contributed by atoms with van der Waals surface area (Å²) in [5, 5.41) is 15.0. The lowest BCUT2D eigenvalue weighted by Gasteiger charge is -2.36. The predicted molar refractivity (Wildman–Crippen MR) is 124 cm³/mol. The van der Waals surface area contributed by atoms with Crippen molar-refractivity contribution in [2.24, 2.45) is 0 Å². The van der Waals surface area contributed by atoms with Crippen LogP contribution in [0.1, 0.15) is 49.7 Å². The van der Waals surface area contributed by atoms with Crippen molar-refractivity contribution in [2.75, 3.05) is 6.61 Å².